The molecule has 0 aromatic heterocycles. The molecule has 1 rings (SSSR count). The largest absolute Gasteiger partial charge is 0.465 e. The first-order valence-corrected chi connectivity index (χ1v) is 3.62. The highest BCUT2D eigenvalue weighted by Crippen LogP contribution is 2.15. The van der Waals surface area contributed by atoms with E-state index in [1.807, 2.05) is 0 Å². The van der Waals surface area contributed by atoms with Gasteiger partial charge in [-0.25, -0.2) is 9.79 Å². The maximum absolute atomic E-state index is 10.9. The van der Waals surface area contributed by atoms with Crippen molar-refractivity contribution in [3.05, 3.63) is 0 Å². The predicted octanol–water partition coefficient (Wildman–Crippen LogP) is 0.0891. The summed E-state index contributed by atoms with van der Waals surface area (Å²) in [6.07, 6.45) is 0.585. The number of rotatable bonds is 1. The maximum Gasteiger partial charge on any atom is 0.338 e. The molecule has 0 bridgehead atoms. The minimum atomic E-state index is -0.771. The van der Waals surface area contributed by atoms with Crippen molar-refractivity contribution in [1.29, 1.82) is 0 Å². The van der Waals surface area contributed by atoms with Gasteiger partial charge in [-0.05, 0) is 6.92 Å². The molecule has 2 amide bonds. The van der Waals surface area contributed by atoms with E-state index in [1.54, 1.807) is 6.92 Å². The van der Waals surface area contributed by atoms with Gasteiger partial charge in [0.15, 0.2) is 0 Å². The van der Waals surface area contributed by atoms with Gasteiger partial charge in [0.2, 0.25) is 0 Å². The van der Waals surface area contributed by atoms with Gasteiger partial charge in [0.05, 0.1) is 12.5 Å². The number of hydrogen-bond donors (Lipinski definition) is 1. The lowest BCUT2D eigenvalue weighted by atomic mass is 10.0. The van der Waals surface area contributed by atoms with Crippen molar-refractivity contribution in [3.63, 3.8) is 0 Å². The van der Waals surface area contributed by atoms with Crippen LogP contribution < -0.4 is 5.73 Å². The molecule has 1 unspecified atom stereocenters. The van der Waals surface area contributed by atoms with Crippen LogP contribution in [0.5, 0.6) is 0 Å². The molecule has 0 aliphatic carbocycles. The van der Waals surface area contributed by atoms with Gasteiger partial charge >= 0.3 is 12.0 Å². The summed E-state index contributed by atoms with van der Waals surface area (Å²) in [5, 5.41) is 0. The molecule has 1 saturated heterocycles. The van der Waals surface area contributed by atoms with Crippen molar-refractivity contribution in [2.24, 2.45) is 16.6 Å². The zero-order valence-corrected chi connectivity index (χ0v) is 6.74. The van der Waals surface area contributed by atoms with E-state index in [1.165, 1.54) is 0 Å². The Morgan fingerprint density at radius 2 is 2.42 bits per heavy atom. The van der Waals surface area contributed by atoms with Gasteiger partial charge in [-0.1, -0.05) is 0 Å². The second kappa shape index (κ2) is 3.34. The summed E-state index contributed by atoms with van der Waals surface area (Å²) in [4.78, 5) is 24.8. The molecule has 0 radical (unpaired) electrons. The first kappa shape index (κ1) is 8.70. The lowest BCUT2D eigenvalue weighted by Crippen LogP contribution is -2.19. The van der Waals surface area contributed by atoms with Crippen molar-refractivity contribution in [2.75, 3.05) is 6.61 Å². The van der Waals surface area contributed by atoms with E-state index >= 15 is 0 Å². The Balaban J connectivity index is 2.69. The SMILES string of the molecule is CC(=NC(N)=O)C1CCOC1=O. The summed E-state index contributed by atoms with van der Waals surface area (Å²) in [6, 6.07) is -0.771. The van der Waals surface area contributed by atoms with Crippen molar-refractivity contribution in [2.45, 2.75) is 13.3 Å². The zero-order valence-electron chi connectivity index (χ0n) is 6.74. The van der Waals surface area contributed by atoms with Gasteiger partial charge in [-0.3, -0.25) is 4.79 Å². The number of carbonyl (C=O) groups is 2. The standard InChI is InChI=1S/C7H10N2O3/c1-4(9-7(8)11)5-2-3-12-6(5)10/h5H,2-3H2,1H3,(H2,8,11). The highest BCUT2D eigenvalue weighted by Gasteiger charge is 2.29. The van der Waals surface area contributed by atoms with Gasteiger partial charge in [-0.15, -0.1) is 0 Å². The molecule has 0 saturated carbocycles. The molecule has 12 heavy (non-hydrogen) atoms. The monoisotopic (exact) mass is 170 g/mol. The van der Waals surface area contributed by atoms with Crippen LogP contribution in [0.25, 0.3) is 0 Å². The van der Waals surface area contributed by atoms with Crippen LogP contribution in [-0.4, -0.2) is 24.3 Å². The number of amides is 2. The fourth-order valence-electron chi connectivity index (χ4n) is 1.13. The highest BCUT2D eigenvalue weighted by atomic mass is 16.5. The molecule has 1 atom stereocenters. The van der Waals surface area contributed by atoms with Crippen LogP contribution in [-0.2, 0) is 9.53 Å². The number of ether oxygens (including phenoxy) is 1. The Morgan fingerprint density at radius 3 is 2.83 bits per heavy atom. The molecular formula is C7H10N2O3. The summed E-state index contributed by atoms with van der Waals surface area (Å²) in [5.74, 6) is -0.699. The third kappa shape index (κ3) is 1.81. The molecular weight excluding hydrogens is 160 g/mol. The fourth-order valence-corrected chi connectivity index (χ4v) is 1.13. The quantitative estimate of drug-likeness (QED) is 0.447. The molecule has 2 N–H and O–H groups in total. The Morgan fingerprint density at radius 1 is 1.75 bits per heavy atom. The second-order valence-electron chi connectivity index (χ2n) is 2.60. The van der Waals surface area contributed by atoms with E-state index in [0.29, 0.717) is 18.7 Å². The number of carbonyl (C=O) groups excluding carboxylic acids is 2. The predicted molar refractivity (Wildman–Crippen MR) is 41.8 cm³/mol. The molecule has 0 aromatic rings. The number of urea groups is 1. The van der Waals surface area contributed by atoms with Gasteiger partial charge in [-0.2, -0.15) is 0 Å². The van der Waals surface area contributed by atoms with Gasteiger partial charge in [0, 0.05) is 12.1 Å². The first-order valence-electron chi connectivity index (χ1n) is 3.62. The molecule has 5 heteroatoms. The number of nitrogens with zero attached hydrogens (tertiary/aromatic N) is 1. The van der Waals surface area contributed by atoms with Crippen molar-refractivity contribution >= 4 is 17.7 Å². The number of esters is 1. The minimum Gasteiger partial charge on any atom is -0.465 e. The lowest BCUT2D eigenvalue weighted by Gasteiger charge is -2.01. The van der Waals surface area contributed by atoms with E-state index in [4.69, 9.17) is 10.5 Å². The Labute approximate surface area is 69.6 Å². The molecule has 1 heterocycles. The van der Waals surface area contributed by atoms with E-state index < -0.39 is 6.03 Å². The van der Waals surface area contributed by atoms with Gasteiger partial charge in [0.1, 0.15) is 0 Å². The van der Waals surface area contributed by atoms with Crippen LogP contribution in [0.4, 0.5) is 4.79 Å². The number of cyclic esters (lactones) is 1. The number of primary amides is 1. The fraction of sp³-hybridized carbons (Fsp3) is 0.571. The average molecular weight is 170 g/mol. The molecule has 1 aliphatic rings. The maximum atomic E-state index is 10.9. The van der Waals surface area contributed by atoms with Gasteiger partial charge < -0.3 is 10.5 Å². The van der Waals surface area contributed by atoms with E-state index in [0.717, 1.165) is 0 Å². The highest BCUT2D eigenvalue weighted by molar-refractivity contribution is 6.05. The van der Waals surface area contributed by atoms with E-state index in [9.17, 15) is 9.59 Å². The Bertz CT molecular complexity index is 247. The number of aliphatic imine (C=N–C) groups is 1. The third-order valence-electron chi connectivity index (χ3n) is 1.73. The van der Waals surface area contributed by atoms with E-state index in [2.05, 4.69) is 4.99 Å². The summed E-state index contributed by atoms with van der Waals surface area (Å²) in [7, 11) is 0. The normalized spacial score (nSPS) is 23.9. The molecule has 5 nitrogen and oxygen atoms in total. The molecule has 0 spiro atoms. The average Bonchev–Trinajstić information content (AvgIpc) is 2.33. The third-order valence-corrected chi connectivity index (χ3v) is 1.73. The molecule has 0 aromatic carbocycles. The Hall–Kier alpha value is -1.39. The summed E-state index contributed by atoms with van der Waals surface area (Å²) < 4.78 is 4.70. The summed E-state index contributed by atoms with van der Waals surface area (Å²) in [5.41, 5.74) is 5.26. The topological polar surface area (TPSA) is 81.8 Å². The first-order chi connectivity index (χ1) is 5.61. The number of hydrogen-bond acceptors (Lipinski definition) is 3. The van der Waals surface area contributed by atoms with E-state index in [-0.39, 0.29) is 11.9 Å². The van der Waals surface area contributed by atoms with Crippen LogP contribution >= 0.6 is 0 Å². The molecule has 66 valence electrons. The number of nitrogens with two attached hydrogens (primary N) is 1. The van der Waals surface area contributed by atoms with Gasteiger partial charge in [0.25, 0.3) is 0 Å². The Kier molecular flexibility index (Phi) is 2.42. The second-order valence-corrected chi connectivity index (χ2v) is 2.60. The van der Waals surface area contributed by atoms with Crippen molar-refractivity contribution in [3.8, 4) is 0 Å². The smallest absolute Gasteiger partial charge is 0.338 e. The van der Waals surface area contributed by atoms with Crippen LogP contribution in [0.15, 0.2) is 4.99 Å². The molecule has 1 fully saturated rings. The molecule has 1 aliphatic heterocycles. The van der Waals surface area contributed by atoms with Crippen molar-refractivity contribution in [1.82, 2.24) is 0 Å². The minimum absolute atomic E-state index is 0.322. The van der Waals surface area contributed by atoms with Crippen LogP contribution in [0, 0.1) is 5.92 Å². The van der Waals surface area contributed by atoms with Crippen molar-refractivity contribution < 1.29 is 14.3 Å². The van der Waals surface area contributed by atoms with Crippen LogP contribution in [0.3, 0.4) is 0 Å². The summed E-state index contributed by atoms with van der Waals surface area (Å²) >= 11 is 0. The van der Waals surface area contributed by atoms with Crippen LogP contribution in [0.1, 0.15) is 13.3 Å². The zero-order chi connectivity index (χ0) is 9.14. The lowest BCUT2D eigenvalue weighted by molar-refractivity contribution is -0.139. The summed E-state index contributed by atoms with van der Waals surface area (Å²) in [6.45, 7) is 2.00. The van der Waals surface area contributed by atoms with Crippen LogP contribution in [0.2, 0.25) is 0 Å².